The van der Waals surface area contributed by atoms with Crippen LogP contribution < -0.4 is 5.32 Å². The van der Waals surface area contributed by atoms with Gasteiger partial charge in [0.05, 0.1) is 5.69 Å². The summed E-state index contributed by atoms with van der Waals surface area (Å²) in [7, 11) is 0. The van der Waals surface area contributed by atoms with E-state index in [1.54, 1.807) is 6.07 Å². The summed E-state index contributed by atoms with van der Waals surface area (Å²) in [4.78, 5) is 24.2. The fourth-order valence-electron chi connectivity index (χ4n) is 2.76. The van der Waals surface area contributed by atoms with E-state index in [-0.39, 0.29) is 23.6 Å². The number of carbonyl (C=O) groups is 2. The molecule has 0 atom stereocenters. The van der Waals surface area contributed by atoms with Crippen molar-refractivity contribution in [1.82, 2.24) is 0 Å². The zero-order valence-corrected chi connectivity index (χ0v) is 13.7. The highest BCUT2D eigenvalue weighted by Gasteiger charge is 2.29. The van der Waals surface area contributed by atoms with E-state index in [4.69, 9.17) is 0 Å². The average molecular weight is 386 g/mol. The molecule has 0 aromatic heterocycles. The van der Waals surface area contributed by atoms with Crippen molar-refractivity contribution in [2.45, 2.75) is 6.42 Å². The van der Waals surface area contributed by atoms with Gasteiger partial charge in [-0.2, -0.15) is 0 Å². The molecule has 1 aliphatic heterocycles. The Kier molecular flexibility index (Phi) is 3.38. The van der Waals surface area contributed by atoms with Crippen molar-refractivity contribution in [2.75, 3.05) is 5.32 Å². The number of ketones is 1. The Morgan fingerprint density at radius 1 is 1.00 bits per heavy atom. The molecule has 1 heterocycles. The minimum atomic E-state index is -0.475. The van der Waals surface area contributed by atoms with Crippen LogP contribution >= 0.6 is 15.9 Å². The molecule has 2 aliphatic rings. The van der Waals surface area contributed by atoms with E-state index in [2.05, 4.69) is 31.4 Å². The summed E-state index contributed by atoms with van der Waals surface area (Å²) in [6, 6.07) is 9.42. The molecule has 0 saturated carbocycles. The number of rotatable bonds is 1. The maximum Gasteiger partial charge on any atom is 0.276 e. The predicted octanol–water partition coefficient (Wildman–Crippen LogP) is 2.86. The molecule has 2 aromatic carbocycles. The van der Waals surface area contributed by atoms with Crippen molar-refractivity contribution in [3.05, 3.63) is 63.4 Å². The number of anilines is 1. The molecule has 1 amide bonds. The van der Waals surface area contributed by atoms with E-state index >= 15 is 0 Å². The number of Topliss-reactive ketones (excluding diaryl/α,β-unsaturated/α-hetero) is 1. The maximum absolute atomic E-state index is 13.4. The molecular formula is C17H9BrFN3O2. The number of amides is 1. The van der Waals surface area contributed by atoms with Crippen LogP contribution in [0.1, 0.15) is 16.7 Å². The van der Waals surface area contributed by atoms with Crippen molar-refractivity contribution < 1.29 is 14.0 Å². The van der Waals surface area contributed by atoms with Gasteiger partial charge in [0.15, 0.2) is 11.5 Å². The number of fused-ring (bicyclic) bond motifs is 2. The minimum absolute atomic E-state index is 0.00625. The fraction of sp³-hybridized carbons (Fsp3) is 0.0588. The third kappa shape index (κ3) is 2.37. The lowest BCUT2D eigenvalue weighted by Crippen LogP contribution is -2.15. The van der Waals surface area contributed by atoms with Crippen LogP contribution in [-0.2, 0) is 16.0 Å². The Hall–Kier alpha value is -2.67. The van der Waals surface area contributed by atoms with Crippen molar-refractivity contribution in [2.24, 2.45) is 10.2 Å². The van der Waals surface area contributed by atoms with Crippen LogP contribution in [0.25, 0.3) is 0 Å². The molecule has 0 bridgehead atoms. The highest BCUT2D eigenvalue weighted by atomic mass is 79.9. The quantitative estimate of drug-likeness (QED) is 0.766. The molecule has 5 nitrogen and oxygen atoms in total. The summed E-state index contributed by atoms with van der Waals surface area (Å²) < 4.78 is 14.2. The van der Waals surface area contributed by atoms with Gasteiger partial charge in [-0.25, -0.2) is 4.39 Å². The third-order valence-electron chi connectivity index (χ3n) is 3.89. The molecule has 7 heteroatoms. The first kappa shape index (κ1) is 14.9. The first-order valence-corrected chi connectivity index (χ1v) is 7.91. The van der Waals surface area contributed by atoms with E-state index < -0.39 is 11.7 Å². The predicted molar refractivity (Wildman–Crippen MR) is 91.0 cm³/mol. The smallest absolute Gasteiger partial charge is 0.276 e. The zero-order chi connectivity index (χ0) is 16.8. The van der Waals surface area contributed by atoms with Gasteiger partial charge in [-0.15, -0.1) is 10.2 Å². The Bertz CT molecular complexity index is 902. The molecule has 0 spiro atoms. The number of hydrogen-bond donors (Lipinski definition) is 1. The molecule has 1 N–H and O–H groups in total. The highest BCUT2D eigenvalue weighted by Crippen LogP contribution is 2.26. The van der Waals surface area contributed by atoms with Gasteiger partial charge >= 0.3 is 0 Å². The van der Waals surface area contributed by atoms with Crippen LogP contribution in [0.3, 0.4) is 0 Å². The van der Waals surface area contributed by atoms with Gasteiger partial charge in [0.1, 0.15) is 11.5 Å². The van der Waals surface area contributed by atoms with E-state index in [0.717, 1.165) is 10.0 Å². The van der Waals surface area contributed by atoms with Crippen LogP contribution in [-0.4, -0.2) is 23.1 Å². The summed E-state index contributed by atoms with van der Waals surface area (Å²) in [5.74, 6) is -1.11. The monoisotopic (exact) mass is 385 g/mol. The molecule has 2 aromatic rings. The summed E-state index contributed by atoms with van der Waals surface area (Å²) in [6.07, 6.45) is 0.254. The lowest BCUT2D eigenvalue weighted by molar-refractivity contribution is -0.112. The fourth-order valence-corrected chi connectivity index (χ4v) is 3.13. The van der Waals surface area contributed by atoms with Crippen molar-refractivity contribution in [3.63, 3.8) is 0 Å². The van der Waals surface area contributed by atoms with Gasteiger partial charge in [0.25, 0.3) is 5.91 Å². The number of benzene rings is 2. The normalized spacial score (nSPS) is 18.9. The molecule has 0 unspecified atom stereocenters. The van der Waals surface area contributed by atoms with Gasteiger partial charge in [-0.05, 0) is 35.9 Å². The van der Waals surface area contributed by atoms with E-state index in [9.17, 15) is 14.0 Å². The molecule has 24 heavy (non-hydrogen) atoms. The third-order valence-corrected chi connectivity index (χ3v) is 4.39. The average Bonchev–Trinajstić information content (AvgIpc) is 3.01. The maximum atomic E-state index is 13.4. The van der Waals surface area contributed by atoms with E-state index in [0.29, 0.717) is 16.8 Å². The number of hydrogen-bond acceptors (Lipinski definition) is 4. The standard InChI is InChI=1S/C17H9BrFN3O2/c18-9-2-1-8-5-14(23)15(11(8)6-9)21-22-16-12-7-10(19)3-4-13(12)20-17(16)24/h1-4,6-7H,5H2,(H,20,22,24)/b21-15-. The van der Waals surface area contributed by atoms with E-state index in [1.807, 2.05) is 12.1 Å². The number of carbonyl (C=O) groups excluding carboxylic acids is 2. The molecule has 0 fully saturated rings. The Balaban J connectivity index is 1.80. The number of nitrogens with zero attached hydrogens (tertiary/aromatic N) is 2. The topological polar surface area (TPSA) is 70.9 Å². The lowest BCUT2D eigenvalue weighted by Gasteiger charge is -1.99. The SMILES string of the molecule is O=C1Cc2ccc(Br)cc2/C1=N/N=C1\C(=O)Nc2ccc(F)cc21. The van der Waals surface area contributed by atoms with Crippen LogP contribution in [0, 0.1) is 5.82 Å². The van der Waals surface area contributed by atoms with Crippen molar-refractivity contribution in [1.29, 1.82) is 0 Å². The number of halogens is 2. The molecule has 0 radical (unpaired) electrons. The summed E-state index contributed by atoms with van der Waals surface area (Å²) in [5.41, 5.74) is 2.57. The van der Waals surface area contributed by atoms with Crippen LogP contribution in [0.4, 0.5) is 10.1 Å². The lowest BCUT2D eigenvalue weighted by atomic mass is 10.1. The molecule has 1 aliphatic carbocycles. The first-order valence-electron chi connectivity index (χ1n) is 7.12. The van der Waals surface area contributed by atoms with Crippen molar-refractivity contribution >= 4 is 44.7 Å². The van der Waals surface area contributed by atoms with Crippen LogP contribution in [0.15, 0.2) is 51.1 Å². The molecule has 4 rings (SSSR count). The molecular weight excluding hydrogens is 377 g/mol. The second-order valence-corrected chi connectivity index (χ2v) is 6.36. The van der Waals surface area contributed by atoms with Gasteiger partial charge in [-0.3, -0.25) is 9.59 Å². The summed E-state index contributed by atoms with van der Waals surface area (Å²) in [6.45, 7) is 0. The molecule has 118 valence electrons. The highest BCUT2D eigenvalue weighted by molar-refractivity contribution is 9.10. The Morgan fingerprint density at radius 3 is 2.62 bits per heavy atom. The molecule has 0 saturated heterocycles. The van der Waals surface area contributed by atoms with E-state index in [1.165, 1.54) is 18.2 Å². The van der Waals surface area contributed by atoms with Gasteiger partial charge in [-0.1, -0.05) is 22.0 Å². The minimum Gasteiger partial charge on any atom is -0.320 e. The first-order chi connectivity index (χ1) is 11.5. The summed E-state index contributed by atoms with van der Waals surface area (Å²) >= 11 is 3.36. The largest absolute Gasteiger partial charge is 0.320 e. The van der Waals surface area contributed by atoms with Crippen LogP contribution in [0.2, 0.25) is 0 Å². The van der Waals surface area contributed by atoms with Crippen LogP contribution in [0.5, 0.6) is 0 Å². The Labute approximate surface area is 144 Å². The number of nitrogens with one attached hydrogen (secondary N) is 1. The van der Waals surface area contributed by atoms with Gasteiger partial charge in [0.2, 0.25) is 0 Å². The summed E-state index contributed by atoms with van der Waals surface area (Å²) in [5, 5.41) is 10.5. The zero-order valence-electron chi connectivity index (χ0n) is 12.1. The van der Waals surface area contributed by atoms with Crippen molar-refractivity contribution in [3.8, 4) is 0 Å². The van der Waals surface area contributed by atoms with Gasteiger partial charge < -0.3 is 5.32 Å². The Morgan fingerprint density at radius 2 is 1.79 bits per heavy atom. The second-order valence-electron chi connectivity index (χ2n) is 5.44. The van der Waals surface area contributed by atoms with Gasteiger partial charge in [0, 0.05) is 22.0 Å². The second kappa shape index (κ2) is 5.45.